The van der Waals surface area contributed by atoms with Crippen molar-refractivity contribution in [3.8, 4) is 0 Å². The highest BCUT2D eigenvalue weighted by Gasteiger charge is 2.27. The summed E-state index contributed by atoms with van der Waals surface area (Å²) in [6.07, 6.45) is 3.00. The predicted molar refractivity (Wildman–Crippen MR) is 68.1 cm³/mol. The van der Waals surface area contributed by atoms with E-state index < -0.39 is 5.54 Å². The number of carbonyl (C=O) groups excluding carboxylic acids is 1. The Bertz CT molecular complexity index is 197. The van der Waals surface area contributed by atoms with Crippen molar-refractivity contribution in [2.75, 3.05) is 12.8 Å². The zero-order chi connectivity index (χ0) is 11.9. The summed E-state index contributed by atoms with van der Waals surface area (Å²) < 4.78 is 0. The number of carbonyl (C=O) groups is 1. The van der Waals surface area contributed by atoms with Gasteiger partial charge in [0, 0.05) is 0 Å². The molecule has 1 atom stereocenters. The van der Waals surface area contributed by atoms with E-state index in [0.717, 1.165) is 25.0 Å². The van der Waals surface area contributed by atoms with Crippen LogP contribution in [0.15, 0.2) is 0 Å². The fourth-order valence-electron chi connectivity index (χ4n) is 1.27. The standard InChI is InChI=1S/C11H24N2OS/c1-9(2)15-8-6-5-7-11(3,13-4)10(12)14/h9,13H,5-8H2,1-4H3,(H2,12,14). The first kappa shape index (κ1) is 14.8. The van der Waals surface area contributed by atoms with Gasteiger partial charge < -0.3 is 11.1 Å². The monoisotopic (exact) mass is 232 g/mol. The molecule has 0 rings (SSSR count). The summed E-state index contributed by atoms with van der Waals surface area (Å²) in [4.78, 5) is 11.2. The summed E-state index contributed by atoms with van der Waals surface area (Å²) in [5.41, 5.74) is 4.80. The molecule has 0 spiro atoms. The number of amides is 1. The van der Waals surface area contributed by atoms with E-state index in [4.69, 9.17) is 5.73 Å². The van der Waals surface area contributed by atoms with Crippen LogP contribution < -0.4 is 11.1 Å². The SMILES string of the molecule is CNC(C)(CCCCSC(C)C)C(N)=O. The van der Waals surface area contributed by atoms with Crippen LogP contribution in [-0.4, -0.2) is 29.5 Å². The largest absolute Gasteiger partial charge is 0.368 e. The number of hydrogen-bond donors (Lipinski definition) is 2. The van der Waals surface area contributed by atoms with Crippen molar-refractivity contribution in [1.82, 2.24) is 5.32 Å². The Kier molecular flexibility index (Phi) is 7.02. The third-order valence-electron chi connectivity index (χ3n) is 2.62. The highest BCUT2D eigenvalue weighted by molar-refractivity contribution is 7.99. The lowest BCUT2D eigenvalue weighted by Crippen LogP contribution is -2.51. The van der Waals surface area contributed by atoms with E-state index in [0.29, 0.717) is 5.25 Å². The van der Waals surface area contributed by atoms with Gasteiger partial charge in [-0.1, -0.05) is 20.3 Å². The molecule has 0 aliphatic rings. The second-order valence-corrected chi connectivity index (χ2v) is 6.01. The van der Waals surface area contributed by atoms with E-state index in [1.54, 1.807) is 7.05 Å². The number of nitrogens with one attached hydrogen (secondary N) is 1. The molecule has 0 aliphatic heterocycles. The van der Waals surface area contributed by atoms with E-state index in [2.05, 4.69) is 19.2 Å². The summed E-state index contributed by atoms with van der Waals surface area (Å²) in [6.45, 7) is 6.27. The number of likely N-dealkylation sites (N-methyl/N-ethyl adjacent to an activating group) is 1. The van der Waals surface area contributed by atoms with Crippen molar-refractivity contribution in [2.45, 2.75) is 50.8 Å². The average Bonchev–Trinajstić information content (AvgIpc) is 2.16. The van der Waals surface area contributed by atoms with Crippen LogP contribution in [0.3, 0.4) is 0 Å². The van der Waals surface area contributed by atoms with Gasteiger partial charge in [0.15, 0.2) is 0 Å². The normalized spacial score (nSPS) is 15.3. The molecule has 0 saturated carbocycles. The van der Waals surface area contributed by atoms with Crippen molar-refractivity contribution in [2.24, 2.45) is 5.73 Å². The molecule has 4 heteroatoms. The van der Waals surface area contributed by atoms with Crippen LogP contribution in [-0.2, 0) is 4.79 Å². The maximum absolute atomic E-state index is 11.2. The Hall–Kier alpha value is -0.220. The van der Waals surface area contributed by atoms with Crippen LogP contribution in [0.25, 0.3) is 0 Å². The van der Waals surface area contributed by atoms with Crippen LogP contribution in [0.5, 0.6) is 0 Å². The Balaban J connectivity index is 3.69. The van der Waals surface area contributed by atoms with Crippen molar-refractivity contribution in [3.05, 3.63) is 0 Å². The Morgan fingerprint density at radius 3 is 2.47 bits per heavy atom. The number of unbranched alkanes of at least 4 members (excludes halogenated alkanes) is 1. The van der Waals surface area contributed by atoms with Gasteiger partial charge in [-0.3, -0.25) is 4.79 Å². The lowest BCUT2D eigenvalue weighted by atomic mass is 9.94. The molecule has 3 nitrogen and oxygen atoms in total. The van der Waals surface area contributed by atoms with Crippen LogP contribution in [0.2, 0.25) is 0 Å². The highest BCUT2D eigenvalue weighted by atomic mass is 32.2. The van der Waals surface area contributed by atoms with Gasteiger partial charge in [0.25, 0.3) is 0 Å². The molecule has 0 saturated heterocycles. The zero-order valence-electron chi connectivity index (χ0n) is 10.3. The molecule has 0 heterocycles. The predicted octanol–water partition coefficient (Wildman–Crippen LogP) is 1.76. The van der Waals surface area contributed by atoms with Crippen molar-refractivity contribution in [3.63, 3.8) is 0 Å². The summed E-state index contributed by atoms with van der Waals surface area (Å²) in [5.74, 6) is 0.900. The Morgan fingerprint density at radius 2 is 2.07 bits per heavy atom. The fraction of sp³-hybridized carbons (Fsp3) is 0.909. The van der Waals surface area contributed by atoms with Gasteiger partial charge in [0.1, 0.15) is 0 Å². The average molecular weight is 232 g/mol. The molecule has 0 fully saturated rings. The fourth-order valence-corrected chi connectivity index (χ4v) is 2.11. The molecule has 0 aromatic heterocycles. The summed E-state index contributed by atoms with van der Waals surface area (Å²) in [7, 11) is 1.79. The first-order valence-electron chi connectivity index (χ1n) is 5.53. The van der Waals surface area contributed by atoms with E-state index >= 15 is 0 Å². The van der Waals surface area contributed by atoms with E-state index in [-0.39, 0.29) is 5.91 Å². The van der Waals surface area contributed by atoms with Gasteiger partial charge in [-0.2, -0.15) is 11.8 Å². The first-order chi connectivity index (χ1) is 6.92. The molecule has 90 valence electrons. The number of thioether (sulfide) groups is 1. The second kappa shape index (κ2) is 7.12. The minimum Gasteiger partial charge on any atom is -0.368 e. The van der Waals surface area contributed by atoms with Gasteiger partial charge in [0.2, 0.25) is 5.91 Å². The lowest BCUT2D eigenvalue weighted by molar-refractivity contribution is -0.123. The molecule has 0 aromatic rings. The Labute approximate surface area is 97.6 Å². The van der Waals surface area contributed by atoms with Crippen LogP contribution in [0.1, 0.15) is 40.0 Å². The summed E-state index contributed by atoms with van der Waals surface area (Å²) in [6, 6.07) is 0. The smallest absolute Gasteiger partial charge is 0.237 e. The number of hydrogen-bond acceptors (Lipinski definition) is 3. The van der Waals surface area contributed by atoms with Gasteiger partial charge in [-0.05, 0) is 37.8 Å². The molecule has 1 amide bonds. The molecule has 0 aromatic carbocycles. The van der Waals surface area contributed by atoms with Gasteiger partial charge in [-0.15, -0.1) is 0 Å². The molecule has 0 radical (unpaired) electrons. The zero-order valence-corrected chi connectivity index (χ0v) is 11.1. The summed E-state index contributed by atoms with van der Waals surface area (Å²) >= 11 is 1.96. The number of nitrogens with two attached hydrogens (primary N) is 1. The van der Waals surface area contributed by atoms with Crippen LogP contribution in [0.4, 0.5) is 0 Å². The number of rotatable bonds is 8. The quantitative estimate of drug-likeness (QED) is 0.627. The minimum absolute atomic E-state index is 0.262. The van der Waals surface area contributed by atoms with Crippen molar-refractivity contribution >= 4 is 17.7 Å². The lowest BCUT2D eigenvalue weighted by Gasteiger charge is -2.25. The van der Waals surface area contributed by atoms with Crippen LogP contribution >= 0.6 is 11.8 Å². The summed E-state index contributed by atoms with van der Waals surface area (Å²) in [5, 5.41) is 3.69. The topological polar surface area (TPSA) is 55.1 Å². The maximum atomic E-state index is 11.2. The highest BCUT2D eigenvalue weighted by Crippen LogP contribution is 2.16. The first-order valence-corrected chi connectivity index (χ1v) is 6.57. The van der Waals surface area contributed by atoms with Gasteiger partial charge in [0.05, 0.1) is 5.54 Å². The number of primary amides is 1. The van der Waals surface area contributed by atoms with Crippen molar-refractivity contribution in [1.29, 1.82) is 0 Å². The van der Waals surface area contributed by atoms with E-state index in [9.17, 15) is 4.79 Å². The van der Waals surface area contributed by atoms with Gasteiger partial charge >= 0.3 is 0 Å². The van der Waals surface area contributed by atoms with Crippen LogP contribution in [0, 0.1) is 0 Å². The minimum atomic E-state index is -0.539. The van der Waals surface area contributed by atoms with Crippen molar-refractivity contribution < 1.29 is 4.79 Å². The Morgan fingerprint density at radius 1 is 1.47 bits per heavy atom. The molecule has 0 bridgehead atoms. The molecule has 1 unspecified atom stereocenters. The molecular formula is C11H24N2OS. The van der Waals surface area contributed by atoms with E-state index in [1.165, 1.54) is 0 Å². The molecular weight excluding hydrogens is 208 g/mol. The molecule has 15 heavy (non-hydrogen) atoms. The van der Waals surface area contributed by atoms with E-state index in [1.807, 2.05) is 18.7 Å². The maximum Gasteiger partial charge on any atom is 0.237 e. The molecule has 3 N–H and O–H groups in total. The molecule has 0 aliphatic carbocycles. The third kappa shape index (κ3) is 6.05. The third-order valence-corrected chi connectivity index (χ3v) is 3.81. The second-order valence-electron chi connectivity index (χ2n) is 4.32. The van der Waals surface area contributed by atoms with Gasteiger partial charge in [-0.25, -0.2) is 0 Å².